The maximum atomic E-state index is 12.0. The van der Waals surface area contributed by atoms with Gasteiger partial charge in [-0.3, -0.25) is 9.69 Å². The van der Waals surface area contributed by atoms with Gasteiger partial charge in [0.1, 0.15) is 5.75 Å². The van der Waals surface area contributed by atoms with Crippen molar-refractivity contribution in [1.29, 1.82) is 0 Å². The highest BCUT2D eigenvalue weighted by Gasteiger charge is 2.17. The minimum Gasteiger partial charge on any atom is -0.507 e. The van der Waals surface area contributed by atoms with Crippen LogP contribution in [0.4, 0.5) is 0 Å². The van der Waals surface area contributed by atoms with Gasteiger partial charge in [-0.1, -0.05) is 46.3 Å². The van der Waals surface area contributed by atoms with Crippen LogP contribution in [0.2, 0.25) is 0 Å². The number of nitrogens with zero attached hydrogens (tertiary/aromatic N) is 3. The number of hydrogen-bond donors (Lipinski definition) is 2. The second-order valence-electron chi connectivity index (χ2n) is 6.85. The number of carbonyl (C=O) groups is 1. The molecular formula is C21H25BrN4O2. The number of phenolic OH excluding ortho intramolecular Hbond substituents is 1. The number of aromatic hydroxyl groups is 1. The van der Waals surface area contributed by atoms with E-state index in [1.54, 1.807) is 18.2 Å². The fourth-order valence-electron chi connectivity index (χ4n) is 3.13. The molecule has 1 fully saturated rings. The first-order valence-electron chi connectivity index (χ1n) is 9.39. The van der Waals surface area contributed by atoms with Crippen LogP contribution in [0.15, 0.2) is 58.1 Å². The topological polar surface area (TPSA) is 68.2 Å². The summed E-state index contributed by atoms with van der Waals surface area (Å²) in [6, 6.07) is 15.6. The van der Waals surface area contributed by atoms with Crippen molar-refractivity contribution in [3.05, 3.63) is 64.1 Å². The van der Waals surface area contributed by atoms with Gasteiger partial charge in [-0.2, -0.15) is 5.10 Å². The molecule has 28 heavy (non-hydrogen) atoms. The Balaban J connectivity index is 1.35. The average molecular weight is 445 g/mol. The van der Waals surface area contributed by atoms with Gasteiger partial charge in [0.05, 0.1) is 6.21 Å². The third-order valence-electron chi connectivity index (χ3n) is 4.75. The summed E-state index contributed by atoms with van der Waals surface area (Å²) in [5.74, 6) is -0.00738. The van der Waals surface area contributed by atoms with Crippen molar-refractivity contribution < 1.29 is 9.90 Å². The zero-order valence-corrected chi connectivity index (χ0v) is 17.3. The molecule has 2 aromatic carbocycles. The Morgan fingerprint density at radius 2 is 1.82 bits per heavy atom. The summed E-state index contributed by atoms with van der Waals surface area (Å²) < 4.78 is 0.837. The van der Waals surface area contributed by atoms with Gasteiger partial charge in [0.2, 0.25) is 5.91 Å². The Labute approximate surface area is 174 Å². The molecule has 0 bridgehead atoms. The van der Waals surface area contributed by atoms with Crippen LogP contribution >= 0.6 is 15.9 Å². The van der Waals surface area contributed by atoms with E-state index < -0.39 is 0 Å². The van der Waals surface area contributed by atoms with Crippen LogP contribution in [-0.4, -0.2) is 59.8 Å². The fourth-order valence-corrected chi connectivity index (χ4v) is 3.51. The minimum atomic E-state index is -0.127. The summed E-state index contributed by atoms with van der Waals surface area (Å²) in [6.07, 6.45) is 1.85. The van der Waals surface area contributed by atoms with Gasteiger partial charge in [0, 0.05) is 55.7 Å². The molecule has 7 heteroatoms. The van der Waals surface area contributed by atoms with Crippen molar-refractivity contribution in [3.8, 4) is 5.75 Å². The van der Waals surface area contributed by atoms with Gasteiger partial charge in [0.25, 0.3) is 0 Å². The quantitative estimate of drug-likeness (QED) is 0.508. The van der Waals surface area contributed by atoms with Crippen molar-refractivity contribution in [2.45, 2.75) is 13.0 Å². The summed E-state index contributed by atoms with van der Waals surface area (Å²) >= 11 is 3.34. The van der Waals surface area contributed by atoms with Gasteiger partial charge >= 0.3 is 0 Å². The number of hydrazone groups is 1. The molecule has 6 nitrogen and oxygen atoms in total. The molecule has 0 radical (unpaired) electrons. The predicted molar refractivity (Wildman–Crippen MR) is 114 cm³/mol. The van der Waals surface area contributed by atoms with Crippen molar-refractivity contribution in [1.82, 2.24) is 15.2 Å². The SMILES string of the molecule is O=C(CCN1CCN(Cc2ccccc2)CC1)N/N=C/c1cc(Br)ccc1O. The Bertz CT molecular complexity index is 805. The lowest BCUT2D eigenvalue weighted by atomic mass is 10.2. The maximum absolute atomic E-state index is 12.0. The van der Waals surface area contributed by atoms with Crippen molar-refractivity contribution in [2.24, 2.45) is 5.10 Å². The third-order valence-corrected chi connectivity index (χ3v) is 5.24. The molecule has 1 amide bonds. The average Bonchev–Trinajstić information content (AvgIpc) is 2.71. The molecular weight excluding hydrogens is 420 g/mol. The molecule has 1 saturated heterocycles. The molecule has 0 spiro atoms. The predicted octanol–water partition coefficient (Wildman–Crippen LogP) is 2.81. The second-order valence-corrected chi connectivity index (χ2v) is 7.77. The summed E-state index contributed by atoms with van der Waals surface area (Å²) in [7, 11) is 0. The number of nitrogens with one attached hydrogen (secondary N) is 1. The molecule has 0 aliphatic carbocycles. The normalized spacial score (nSPS) is 15.8. The molecule has 0 saturated carbocycles. The summed E-state index contributed by atoms with van der Waals surface area (Å²) in [6.45, 7) is 5.66. The minimum absolute atomic E-state index is 0.120. The van der Waals surface area contributed by atoms with E-state index in [1.165, 1.54) is 11.8 Å². The molecule has 1 aliphatic heterocycles. The zero-order chi connectivity index (χ0) is 19.8. The van der Waals surface area contributed by atoms with E-state index in [2.05, 4.69) is 60.5 Å². The van der Waals surface area contributed by atoms with Crippen molar-refractivity contribution in [3.63, 3.8) is 0 Å². The van der Waals surface area contributed by atoms with E-state index in [0.29, 0.717) is 12.0 Å². The number of halogens is 1. The van der Waals surface area contributed by atoms with Crippen LogP contribution in [0.1, 0.15) is 17.5 Å². The molecule has 2 aromatic rings. The molecule has 2 N–H and O–H groups in total. The van der Waals surface area contributed by atoms with E-state index in [9.17, 15) is 9.90 Å². The van der Waals surface area contributed by atoms with E-state index in [0.717, 1.165) is 43.7 Å². The Morgan fingerprint density at radius 3 is 2.57 bits per heavy atom. The van der Waals surface area contributed by atoms with Gasteiger partial charge in [0.15, 0.2) is 0 Å². The first-order valence-corrected chi connectivity index (χ1v) is 10.2. The number of phenols is 1. The first-order chi connectivity index (χ1) is 13.6. The highest BCUT2D eigenvalue weighted by molar-refractivity contribution is 9.10. The number of hydrogen-bond acceptors (Lipinski definition) is 5. The highest BCUT2D eigenvalue weighted by Crippen LogP contribution is 2.19. The monoisotopic (exact) mass is 444 g/mol. The summed E-state index contributed by atoms with van der Waals surface area (Å²) in [4.78, 5) is 16.8. The van der Waals surface area contributed by atoms with Crippen LogP contribution in [0, 0.1) is 0 Å². The lowest BCUT2D eigenvalue weighted by Crippen LogP contribution is -2.46. The Kier molecular flexibility index (Phi) is 7.59. The first kappa shape index (κ1) is 20.5. The van der Waals surface area contributed by atoms with Crippen LogP contribution in [0.5, 0.6) is 5.75 Å². The van der Waals surface area contributed by atoms with Crippen LogP contribution in [0.3, 0.4) is 0 Å². The Morgan fingerprint density at radius 1 is 1.11 bits per heavy atom. The van der Waals surface area contributed by atoms with Gasteiger partial charge < -0.3 is 10.0 Å². The lowest BCUT2D eigenvalue weighted by molar-refractivity contribution is -0.121. The van der Waals surface area contributed by atoms with E-state index in [4.69, 9.17) is 0 Å². The standard InChI is InChI=1S/C21H25BrN4O2/c22-19-6-7-20(27)18(14-19)15-23-24-21(28)8-9-25-10-12-26(13-11-25)16-17-4-2-1-3-5-17/h1-7,14-15,27H,8-13,16H2,(H,24,28)/b23-15+. The molecule has 1 heterocycles. The molecule has 0 atom stereocenters. The smallest absolute Gasteiger partial charge is 0.241 e. The number of piperazine rings is 1. The maximum Gasteiger partial charge on any atom is 0.241 e. The van der Waals surface area contributed by atoms with Gasteiger partial charge in [-0.15, -0.1) is 0 Å². The zero-order valence-electron chi connectivity index (χ0n) is 15.7. The lowest BCUT2D eigenvalue weighted by Gasteiger charge is -2.34. The number of amides is 1. The molecule has 3 rings (SSSR count). The molecule has 148 valence electrons. The number of rotatable bonds is 7. The summed E-state index contributed by atoms with van der Waals surface area (Å²) in [5.41, 5.74) is 4.41. The van der Waals surface area contributed by atoms with E-state index in [1.807, 2.05) is 6.07 Å². The molecule has 0 aromatic heterocycles. The van der Waals surface area contributed by atoms with Crippen LogP contribution in [-0.2, 0) is 11.3 Å². The fraction of sp³-hybridized carbons (Fsp3) is 0.333. The number of benzene rings is 2. The number of carbonyl (C=O) groups excluding carboxylic acids is 1. The van der Waals surface area contributed by atoms with Crippen LogP contribution < -0.4 is 5.43 Å². The van der Waals surface area contributed by atoms with Gasteiger partial charge in [-0.25, -0.2) is 5.43 Å². The summed E-state index contributed by atoms with van der Waals surface area (Å²) in [5, 5.41) is 13.7. The molecule has 1 aliphatic rings. The highest BCUT2D eigenvalue weighted by atomic mass is 79.9. The Hall–Kier alpha value is -2.22. The largest absolute Gasteiger partial charge is 0.507 e. The van der Waals surface area contributed by atoms with Crippen LogP contribution in [0.25, 0.3) is 0 Å². The van der Waals surface area contributed by atoms with Crippen molar-refractivity contribution in [2.75, 3.05) is 32.7 Å². The molecule has 0 unspecified atom stereocenters. The third kappa shape index (κ3) is 6.44. The van der Waals surface area contributed by atoms with E-state index >= 15 is 0 Å². The van der Waals surface area contributed by atoms with Crippen molar-refractivity contribution >= 4 is 28.1 Å². The van der Waals surface area contributed by atoms with E-state index in [-0.39, 0.29) is 11.7 Å². The van der Waals surface area contributed by atoms with Gasteiger partial charge in [-0.05, 0) is 23.8 Å². The second kappa shape index (κ2) is 10.4.